The Morgan fingerprint density at radius 1 is 1.21 bits per heavy atom. The number of carboxylic acid groups (broad SMARTS) is 1. The van der Waals surface area contributed by atoms with Gasteiger partial charge in [-0.25, -0.2) is 9.78 Å². The van der Waals surface area contributed by atoms with Crippen molar-refractivity contribution in [3.05, 3.63) is 70.2 Å². The molecule has 0 aliphatic heterocycles. The third kappa shape index (κ3) is 3.89. The van der Waals surface area contributed by atoms with Crippen molar-refractivity contribution < 1.29 is 23.8 Å². The highest BCUT2D eigenvalue weighted by molar-refractivity contribution is 7.08. The average Bonchev–Trinajstić information content (AvgIpc) is 3.36. The maximum atomic E-state index is 12.7. The van der Waals surface area contributed by atoms with Gasteiger partial charge in [-0.15, -0.1) is 11.3 Å². The second-order valence-electron chi connectivity index (χ2n) is 6.32. The standard InChI is InChI=1S/C21H16N2O5S/c22-9-12-2-1-3-13(6-12)19-20-14(4-5-27-20)7-16(23-19)21(26)28-17-11-29-10-15(17)8-18(24)25/h1-7,10-11H,8-9,22H2,(H,24,25). The second kappa shape index (κ2) is 7.86. The number of nitrogens with zero attached hydrogens (tertiary/aromatic N) is 1. The lowest BCUT2D eigenvalue weighted by atomic mass is 10.1. The summed E-state index contributed by atoms with van der Waals surface area (Å²) in [4.78, 5) is 28.2. The molecule has 0 aliphatic rings. The number of esters is 1. The fraction of sp³-hybridized carbons (Fsp3) is 0.0952. The van der Waals surface area contributed by atoms with Crippen LogP contribution in [-0.2, 0) is 17.8 Å². The van der Waals surface area contributed by atoms with Gasteiger partial charge in [0.1, 0.15) is 17.1 Å². The molecule has 3 heterocycles. The van der Waals surface area contributed by atoms with E-state index in [1.54, 1.807) is 22.9 Å². The summed E-state index contributed by atoms with van der Waals surface area (Å²) < 4.78 is 11.0. The number of fused-ring (bicyclic) bond motifs is 1. The molecule has 1 aromatic carbocycles. The van der Waals surface area contributed by atoms with Crippen LogP contribution in [0.5, 0.6) is 5.75 Å². The van der Waals surface area contributed by atoms with Crippen LogP contribution in [0.2, 0.25) is 0 Å². The number of carboxylic acids is 1. The van der Waals surface area contributed by atoms with Crippen molar-refractivity contribution >= 4 is 34.2 Å². The van der Waals surface area contributed by atoms with Crippen LogP contribution in [0, 0.1) is 0 Å². The Balaban J connectivity index is 1.72. The quantitative estimate of drug-likeness (QED) is 0.465. The highest BCUT2D eigenvalue weighted by Crippen LogP contribution is 2.30. The molecule has 0 saturated carbocycles. The summed E-state index contributed by atoms with van der Waals surface area (Å²) in [5, 5.41) is 12.9. The molecule has 0 amide bonds. The summed E-state index contributed by atoms with van der Waals surface area (Å²) in [6, 6.07) is 10.8. The molecule has 0 aliphatic carbocycles. The minimum atomic E-state index is -0.999. The summed E-state index contributed by atoms with van der Waals surface area (Å²) in [5.41, 5.74) is 9.02. The lowest BCUT2D eigenvalue weighted by molar-refractivity contribution is -0.136. The van der Waals surface area contributed by atoms with E-state index in [1.807, 2.05) is 24.3 Å². The van der Waals surface area contributed by atoms with E-state index in [-0.39, 0.29) is 17.9 Å². The largest absolute Gasteiger partial charge is 0.481 e. The molecule has 7 nitrogen and oxygen atoms in total. The first kappa shape index (κ1) is 18.9. The smallest absolute Gasteiger partial charge is 0.362 e. The first-order chi connectivity index (χ1) is 14.0. The minimum absolute atomic E-state index is 0.0968. The van der Waals surface area contributed by atoms with E-state index >= 15 is 0 Å². The zero-order chi connectivity index (χ0) is 20.4. The van der Waals surface area contributed by atoms with Crippen LogP contribution in [0.4, 0.5) is 0 Å². The van der Waals surface area contributed by atoms with E-state index in [0.29, 0.717) is 28.8 Å². The molecule has 0 unspecified atom stereocenters. The number of nitrogens with two attached hydrogens (primary N) is 1. The summed E-state index contributed by atoms with van der Waals surface area (Å²) in [6.07, 6.45) is 1.30. The fourth-order valence-corrected chi connectivity index (χ4v) is 3.72. The van der Waals surface area contributed by atoms with E-state index < -0.39 is 11.9 Å². The van der Waals surface area contributed by atoms with Gasteiger partial charge in [0.25, 0.3) is 0 Å². The highest BCUT2D eigenvalue weighted by atomic mass is 32.1. The van der Waals surface area contributed by atoms with Crippen LogP contribution in [0.1, 0.15) is 21.6 Å². The molecule has 0 bridgehead atoms. The van der Waals surface area contributed by atoms with Crippen LogP contribution in [0.15, 0.2) is 57.8 Å². The molecule has 0 atom stereocenters. The van der Waals surface area contributed by atoms with Gasteiger partial charge < -0.3 is 20.0 Å². The Bertz CT molecular complexity index is 1210. The zero-order valence-electron chi connectivity index (χ0n) is 15.1. The number of rotatable bonds is 6. The summed E-state index contributed by atoms with van der Waals surface area (Å²) >= 11 is 1.27. The lowest BCUT2D eigenvalue weighted by Crippen LogP contribution is -2.12. The predicted molar refractivity (Wildman–Crippen MR) is 108 cm³/mol. The van der Waals surface area contributed by atoms with Crippen molar-refractivity contribution in [3.63, 3.8) is 0 Å². The van der Waals surface area contributed by atoms with Gasteiger partial charge in [-0.3, -0.25) is 4.79 Å². The van der Waals surface area contributed by atoms with Crippen LogP contribution < -0.4 is 10.5 Å². The molecular weight excluding hydrogens is 392 g/mol. The van der Waals surface area contributed by atoms with Gasteiger partial charge in [0.05, 0.1) is 12.7 Å². The third-order valence-corrected chi connectivity index (χ3v) is 5.10. The Morgan fingerprint density at radius 3 is 2.86 bits per heavy atom. The molecule has 0 radical (unpaired) electrons. The number of thiophene rings is 1. The number of ether oxygens (including phenoxy) is 1. The molecule has 29 heavy (non-hydrogen) atoms. The molecule has 8 heteroatoms. The molecule has 4 aromatic rings. The van der Waals surface area contributed by atoms with Gasteiger partial charge in [-0.1, -0.05) is 18.2 Å². The molecule has 0 spiro atoms. The van der Waals surface area contributed by atoms with Crippen LogP contribution >= 0.6 is 11.3 Å². The van der Waals surface area contributed by atoms with Gasteiger partial charge in [0.2, 0.25) is 0 Å². The van der Waals surface area contributed by atoms with E-state index in [9.17, 15) is 9.59 Å². The number of aromatic nitrogens is 1. The van der Waals surface area contributed by atoms with Crippen molar-refractivity contribution in [2.45, 2.75) is 13.0 Å². The third-order valence-electron chi connectivity index (χ3n) is 4.33. The van der Waals surface area contributed by atoms with E-state index in [4.69, 9.17) is 20.0 Å². The van der Waals surface area contributed by atoms with Crippen molar-refractivity contribution in [1.29, 1.82) is 0 Å². The molecule has 146 valence electrons. The summed E-state index contributed by atoms with van der Waals surface area (Å²) in [5.74, 6) is -1.45. The molecule has 0 fully saturated rings. The lowest BCUT2D eigenvalue weighted by Gasteiger charge is -2.08. The Morgan fingerprint density at radius 2 is 2.07 bits per heavy atom. The average molecular weight is 408 g/mol. The van der Waals surface area contributed by atoms with Gasteiger partial charge in [-0.2, -0.15) is 0 Å². The van der Waals surface area contributed by atoms with E-state index in [1.165, 1.54) is 17.6 Å². The zero-order valence-corrected chi connectivity index (χ0v) is 15.9. The Labute approximate surface area is 169 Å². The van der Waals surface area contributed by atoms with Crippen molar-refractivity contribution in [1.82, 2.24) is 4.98 Å². The molecular formula is C21H16N2O5S. The summed E-state index contributed by atoms with van der Waals surface area (Å²) in [7, 11) is 0. The molecule has 3 aromatic heterocycles. The molecule has 0 saturated heterocycles. The van der Waals surface area contributed by atoms with Crippen molar-refractivity contribution in [2.75, 3.05) is 0 Å². The predicted octanol–water partition coefficient (Wildman–Crippen LogP) is 3.86. The maximum absolute atomic E-state index is 12.7. The first-order valence-electron chi connectivity index (χ1n) is 8.72. The number of carbonyl (C=O) groups is 2. The number of aliphatic carboxylic acids is 1. The molecule has 3 N–H and O–H groups in total. The number of hydrogen-bond acceptors (Lipinski definition) is 7. The first-order valence-corrected chi connectivity index (χ1v) is 9.66. The second-order valence-corrected chi connectivity index (χ2v) is 7.06. The van der Waals surface area contributed by atoms with Gasteiger partial charge in [-0.05, 0) is 29.1 Å². The number of carbonyl (C=O) groups excluding carboxylic acids is 1. The minimum Gasteiger partial charge on any atom is -0.481 e. The Hall–Kier alpha value is -3.49. The van der Waals surface area contributed by atoms with Gasteiger partial charge in [0.15, 0.2) is 5.58 Å². The maximum Gasteiger partial charge on any atom is 0.362 e. The number of benzene rings is 1. The van der Waals surface area contributed by atoms with Gasteiger partial charge >= 0.3 is 11.9 Å². The monoisotopic (exact) mass is 408 g/mol. The number of hydrogen-bond donors (Lipinski definition) is 2. The van der Waals surface area contributed by atoms with E-state index in [2.05, 4.69) is 4.98 Å². The number of furan rings is 1. The topological polar surface area (TPSA) is 116 Å². The van der Waals surface area contributed by atoms with Crippen LogP contribution in [0.25, 0.3) is 22.2 Å². The molecule has 4 rings (SSSR count). The van der Waals surface area contributed by atoms with Crippen LogP contribution in [0.3, 0.4) is 0 Å². The Kier molecular flexibility index (Phi) is 5.11. The summed E-state index contributed by atoms with van der Waals surface area (Å²) in [6.45, 7) is 0.376. The van der Waals surface area contributed by atoms with Crippen molar-refractivity contribution in [3.8, 4) is 17.0 Å². The van der Waals surface area contributed by atoms with Gasteiger partial charge in [0, 0.05) is 28.4 Å². The van der Waals surface area contributed by atoms with Crippen molar-refractivity contribution in [2.24, 2.45) is 5.73 Å². The SMILES string of the molecule is NCc1cccc(-c2nc(C(=O)Oc3cscc3CC(=O)O)cc3ccoc23)c1. The van der Waals surface area contributed by atoms with E-state index in [0.717, 1.165) is 11.1 Å². The van der Waals surface area contributed by atoms with Crippen LogP contribution in [-0.4, -0.2) is 22.0 Å². The fourth-order valence-electron chi connectivity index (χ4n) is 2.97. The normalized spacial score (nSPS) is 10.9. The highest BCUT2D eigenvalue weighted by Gasteiger charge is 2.19. The number of pyridine rings is 1.